The lowest BCUT2D eigenvalue weighted by Gasteiger charge is -2.32. The molecule has 1 amide bonds. The van der Waals surface area contributed by atoms with E-state index in [1.807, 2.05) is 0 Å². The van der Waals surface area contributed by atoms with Crippen LogP contribution in [0.25, 0.3) is 10.9 Å². The van der Waals surface area contributed by atoms with Crippen LogP contribution in [0.3, 0.4) is 0 Å². The van der Waals surface area contributed by atoms with Gasteiger partial charge in [0.15, 0.2) is 11.5 Å². The van der Waals surface area contributed by atoms with Gasteiger partial charge in [0.25, 0.3) is 5.56 Å². The van der Waals surface area contributed by atoms with Crippen LogP contribution >= 0.6 is 0 Å². The zero-order valence-corrected chi connectivity index (χ0v) is 19.8. The Kier molecular flexibility index (Phi) is 7.40. The highest BCUT2D eigenvalue weighted by molar-refractivity contribution is 5.80. The van der Waals surface area contributed by atoms with Crippen molar-refractivity contribution in [3.8, 4) is 17.2 Å². The Hall–Kier alpha value is -3.79. The van der Waals surface area contributed by atoms with Gasteiger partial charge in [0.2, 0.25) is 6.41 Å². The highest BCUT2D eigenvalue weighted by Gasteiger charge is 2.25. The van der Waals surface area contributed by atoms with E-state index < -0.39 is 11.2 Å². The second-order valence-corrected chi connectivity index (χ2v) is 8.38. The number of amides is 1. The van der Waals surface area contributed by atoms with Crippen molar-refractivity contribution in [2.24, 2.45) is 0 Å². The number of ether oxygens (including phenoxy) is 3. The monoisotopic (exact) mass is 483 g/mol. The number of aliphatic hydroxyl groups excluding tert-OH is 1. The number of fused-ring (bicyclic) bond motifs is 1. The molecule has 1 unspecified atom stereocenters. The van der Waals surface area contributed by atoms with Gasteiger partial charge in [-0.25, -0.2) is 4.79 Å². The molecule has 1 saturated heterocycles. The number of carbonyl (C=O) groups is 1. The molecule has 10 heteroatoms. The summed E-state index contributed by atoms with van der Waals surface area (Å²) >= 11 is 0. The summed E-state index contributed by atoms with van der Waals surface area (Å²) in [4.78, 5) is 40.3. The molecule has 0 saturated carbocycles. The van der Waals surface area contributed by atoms with E-state index in [2.05, 4.69) is 0 Å². The maximum atomic E-state index is 13.7. The molecule has 0 radical (unpaired) electrons. The average Bonchev–Trinajstić information content (AvgIpc) is 2.90. The quantitative estimate of drug-likeness (QED) is 0.458. The summed E-state index contributed by atoms with van der Waals surface area (Å²) in [5.41, 5.74) is 0.281. The van der Waals surface area contributed by atoms with Crippen LogP contribution in [-0.2, 0) is 11.3 Å². The number of hydrogen-bond donors (Lipinski definition) is 1. The normalized spacial score (nSPS) is 15.7. The zero-order valence-electron chi connectivity index (χ0n) is 19.8. The van der Waals surface area contributed by atoms with Crippen LogP contribution in [-0.4, -0.2) is 66.1 Å². The molecule has 0 spiro atoms. The van der Waals surface area contributed by atoms with Crippen molar-refractivity contribution in [3.63, 3.8) is 0 Å². The molecule has 1 fully saturated rings. The molecule has 1 N–H and O–H groups in total. The van der Waals surface area contributed by atoms with Gasteiger partial charge in [-0.05, 0) is 48.7 Å². The first-order chi connectivity index (χ1) is 17.0. The molecule has 3 aromatic rings. The fourth-order valence-corrected chi connectivity index (χ4v) is 4.56. The molecule has 186 valence electrons. The summed E-state index contributed by atoms with van der Waals surface area (Å²) in [7, 11) is 3.06. The first kappa shape index (κ1) is 24.3. The van der Waals surface area contributed by atoms with Gasteiger partial charge in [-0.2, -0.15) is 0 Å². The summed E-state index contributed by atoms with van der Waals surface area (Å²) in [6.45, 7) is 0.972. The van der Waals surface area contributed by atoms with E-state index in [0.717, 1.165) is 12.8 Å². The molecule has 1 aromatic heterocycles. The predicted molar refractivity (Wildman–Crippen MR) is 130 cm³/mol. The zero-order chi connectivity index (χ0) is 24.9. The van der Waals surface area contributed by atoms with Gasteiger partial charge in [-0.1, -0.05) is 6.07 Å². The van der Waals surface area contributed by atoms with Gasteiger partial charge >= 0.3 is 5.69 Å². The van der Waals surface area contributed by atoms with Gasteiger partial charge in [-0.15, -0.1) is 0 Å². The van der Waals surface area contributed by atoms with Crippen LogP contribution < -0.4 is 25.5 Å². The number of aromatic nitrogens is 2. The lowest BCUT2D eigenvalue weighted by Crippen LogP contribution is -2.45. The van der Waals surface area contributed by atoms with Gasteiger partial charge in [-0.3, -0.25) is 18.7 Å². The molecule has 0 bridgehead atoms. The SMILES string of the molecule is COc1ccc(Cn2c(=O)c3cc(OCCO)ccc3n(C3CCCN(C=O)C3)c2=O)cc1OC. The third-order valence-corrected chi connectivity index (χ3v) is 6.23. The van der Waals surface area contributed by atoms with Crippen molar-refractivity contribution in [1.29, 1.82) is 0 Å². The summed E-state index contributed by atoms with van der Waals surface area (Å²) in [6, 6.07) is 9.91. The summed E-state index contributed by atoms with van der Waals surface area (Å²) < 4.78 is 19.0. The van der Waals surface area contributed by atoms with Gasteiger partial charge in [0, 0.05) is 13.1 Å². The van der Waals surface area contributed by atoms with Gasteiger partial charge < -0.3 is 24.2 Å². The minimum Gasteiger partial charge on any atom is -0.493 e. The van der Waals surface area contributed by atoms with E-state index in [1.54, 1.807) is 45.9 Å². The van der Waals surface area contributed by atoms with Crippen LogP contribution in [0, 0.1) is 0 Å². The molecule has 4 rings (SSSR count). The second-order valence-electron chi connectivity index (χ2n) is 8.38. The van der Waals surface area contributed by atoms with Crippen molar-refractivity contribution >= 4 is 17.3 Å². The Morgan fingerprint density at radius 1 is 1.09 bits per heavy atom. The standard InChI is InChI=1S/C25H29N3O7/c1-33-22-8-5-17(12-23(22)34-2)14-27-24(31)20-13-19(35-11-10-29)6-7-21(20)28(25(27)32)18-4-3-9-26(15-18)16-30/h5-8,12-13,16,18,29H,3-4,9-11,14-15H2,1-2H3. The third kappa shape index (κ3) is 4.88. The van der Waals surface area contributed by atoms with E-state index in [-0.39, 0.29) is 25.8 Å². The fraction of sp³-hybridized carbons (Fsp3) is 0.400. The maximum absolute atomic E-state index is 13.7. The number of rotatable bonds is 9. The minimum absolute atomic E-state index is 0.0276. The molecule has 2 aromatic carbocycles. The van der Waals surface area contributed by atoms with Crippen molar-refractivity contribution in [2.75, 3.05) is 40.5 Å². The topological polar surface area (TPSA) is 112 Å². The van der Waals surface area contributed by atoms with Crippen molar-refractivity contribution < 1.29 is 24.1 Å². The molecule has 1 aliphatic rings. The van der Waals surface area contributed by atoms with Crippen molar-refractivity contribution in [1.82, 2.24) is 14.0 Å². The molecule has 1 atom stereocenters. The lowest BCUT2D eigenvalue weighted by molar-refractivity contribution is -0.119. The maximum Gasteiger partial charge on any atom is 0.332 e. The predicted octanol–water partition coefficient (Wildman–Crippen LogP) is 1.39. The van der Waals surface area contributed by atoms with Crippen molar-refractivity contribution in [2.45, 2.75) is 25.4 Å². The summed E-state index contributed by atoms with van der Waals surface area (Å²) in [5.74, 6) is 1.46. The second kappa shape index (κ2) is 10.6. The third-order valence-electron chi connectivity index (χ3n) is 6.23. The highest BCUT2D eigenvalue weighted by atomic mass is 16.5. The van der Waals surface area contributed by atoms with E-state index >= 15 is 0 Å². The Labute approximate surface area is 201 Å². The number of likely N-dealkylation sites (tertiary alicyclic amines) is 1. The number of piperidine rings is 1. The van der Waals surface area contributed by atoms with E-state index in [4.69, 9.17) is 19.3 Å². The van der Waals surface area contributed by atoms with Crippen LogP contribution in [0.15, 0.2) is 46.0 Å². The molecule has 35 heavy (non-hydrogen) atoms. The fourth-order valence-electron chi connectivity index (χ4n) is 4.56. The molecule has 10 nitrogen and oxygen atoms in total. The number of nitrogens with zero attached hydrogens (tertiary/aromatic N) is 3. The van der Waals surface area contributed by atoms with E-state index in [9.17, 15) is 14.4 Å². The smallest absolute Gasteiger partial charge is 0.332 e. The molecule has 2 heterocycles. The van der Waals surface area contributed by atoms with Crippen LogP contribution in [0.5, 0.6) is 17.2 Å². The van der Waals surface area contributed by atoms with Crippen LogP contribution in [0.2, 0.25) is 0 Å². The number of hydrogen-bond acceptors (Lipinski definition) is 7. The number of carbonyl (C=O) groups excluding carboxylic acids is 1. The highest BCUT2D eigenvalue weighted by Crippen LogP contribution is 2.28. The van der Waals surface area contributed by atoms with Gasteiger partial charge in [0.1, 0.15) is 12.4 Å². The molecule has 1 aliphatic heterocycles. The van der Waals surface area contributed by atoms with E-state index in [1.165, 1.54) is 18.8 Å². The molecular formula is C25H29N3O7. The number of aliphatic hydroxyl groups is 1. The largest absolute Gasteiger partial charge is 0.493 e. The summed E-state index contributed by atoms with van der Waals surface area (Å²) in [5, 5.41) is 9.42. The average molecular weight is 484 g/mol. The molecule has 0 aliphatic carbocycles. The Bertz CT molecular complexity index is 1330. The first-order valence-electron chi connectivity index (χ1n) is 11.4. The summed E-state index contributed by atoms with van der Waals surface area (Å²) in [6.07, 6.45) is 2.25. The number of benzene rings is 2. The first-order valence-corrected chi connectivity index (χ1v) is 11.4. The Balaban J connectivity index is 1.88. The Morgan fingerprint density at radius 3 is 2.60 bits per heavy atom. The van der Waals surface area contributed by atoms with Crippen LogP contribution in [0.1, 0.15) is 24.4 Å². The van der Waals surface area contributed by atoms with Crippen molar-refractivity contribution in [3.05, 3.63) is 62.8 Å². The lowest BCUT2D eigenvalue weighted by atomic mass is 10.1. The minimum atomic E-state index is -0.450. The van der Waals surface area contributed by atoms with Crippen LogP contribution in [0.4, 0.5) is 0 Å². The van der Waals surface area contributed by atoms with E-state index in [0.29, 0.717) is 53.2 Å². The number of methoxy groups -OCH3 is 2. The molecular weight excluding hydrogens is 454 g/mol. The van der Waals surface area contributed by atoms with Gasteiger partial charge in [0.05, 0.1) is 44.3 Å². The Morgan fingerprint density at radius 2 is 1.89 bits per heavy atom.